The number of rotatable bonds is 2. The molecule has 0 radical (unpaired) electrons. The van der Waals surface area contributed by atoms with Gasteiger partial charge in [-0.1, -0.05) is 11.6 Å². The number of ether oxygens (including phenoxy) is 1. The summed E-state index contributed by atoms with van der Waals surface area (Å²) >= 11 is 6.10. The van der Waals surface area contributed by atoms with Crippen LogP contribution in [0.1, 0.15) is 11.5 Å². The summed E-state index contributed by atoms with van der Waals surface area (Å²) in [5.41, 5.74) is 2.01. The molecular weight excluding hydrogens is 250 g/mol. The van der Waals surface area contributed by atoms with Crippen molar-refractivity contribution in [2.24, 2.45) is 7.05 Å². The summed E-state index contributed by atoms with van der Waals surface area (Å²) < 4.78 is 6.98. The number of benzene rings is 1. The van der Waals surface area contributed by atoms with E-state index in [1.54, 1.807) is 19.2 Å². The third-order valence-electron chi connectivity index (χ3n) is 2.85. The van der Waals surface area contributed by atoms with Crippen LogP contribution in [0.5, 0.6) is 5.75 Å². The molecule has 0 spiro atoms. The fourth-order valence-electron chi connectivity index (χ4n) is 1.83. The standard InChI is InChI=1S/C13H12ClN3O/c1-8-16-11(7-15)13(17(8)2)9-4-5-12(18-3)10(14)6-9/h4-6H,1-3H3. The Morgan fingerprint density at radius 1 is 1.44 bits per heavy atom. The van der Waals surface area contributed by atoms with E-state index in [9.17, 15) is 0 Å². The number of methoxy groups -OCH3 is 1. The average Bonchev–Trinajstić information content (AvgIpc) is 2.65. The molecule has 1 heterocycles. The lowest BCUT2D eigenvalue weighted by atomic mass is 10.1. The van der Waals surface area contributed by atoms with Gasteiger partial charge in [-0.25, -0.2) is 4.98 Å². The lowest BCUT2D eigenvalue weighted by Crippen LogP contribution is -1.95. The Balaban J connectivity index is 2.63. The van der Waals surface area contributed by atoms with Crippen molar-refractivity contribution in [2.45, 2.75) is 6.92 Å². The second-order valence-corrected chi connectivity index (χ2v) is 4.28. The predicted molar refractivity (Wildman–Crippen MR) is 69.7 cm³/mol. The molecule has 18 heavy (non-hydrogen) atoms. The molecular formula is C13H12ClN3O. The van der Waals surface area contributed by atoms with E-state index in [0.29, 0.717) is 16.5 Å². The molecule has 92 valence electrons. The van der Waals surface area contributed by atoms with Crippen LogP contribution in [0.3, 0.4) is 0 Å². The minimum absolute atomic E-state index is 0.399. The second-order valence-electron chi connectivity index (χ2n) is 3.88. The fourth-order valence-corrected chi connectivity index (χ4v) is 2.09. The zero-order chi connectivity index (χ0) is 13.3. The van der Waals surface area contributed by atoms with Crippen LogP contribution in [-0.2, 0) is 7.05 Å². The van der Waals surface area contributed by atoms with Crippen LogP contribution < -0.4 is 4.74 Å². The molecule has 0 unspecified atom stereocenters. The summed E-state index contributed by atoms with van der Waals surface area (Å²) in [5.74, 6) is 1.39. The Morgan fingerprint density at radius 3 is 2.72 bits per heavy atom. The molecule has 4 nitrogen and oxygen atoms in total. The number of halogens is 1. The lowest BCUT2D eigenvalue weighted by Gasteiger charge is -2.07. The highest BCUT2D eigenvalue weighted by Crippen LogP contribution is 2.31. The van der Waals surface area contributed by atoms with E-state index in [2.05, 4.69) is 11.1 Å². The highest BCUT2D eigenvalue weighted by atomic mass is 35.5. The molecule has 0 bridgehead atoms. The predicted octanol–water partition coefficient (Wildman–Crippen LogP) is 2.93. The van der Waals surface area contributed by atoms with Gasteiger partial charge in [0.05, 0.1) is 17.8 Å². The van der Waals surface area contributed by atoms with Crippen molar-refractivity contribution in [3.05, 3.63) is 34.7 Å². The van der Waals surface area contributed by atoms with Gasteiger partial charge in [-0.3, -0.25) is 0 Å². The normalized spacial score (nSPS) is 10.2. The van der Waals surface area contributed by atoms with Crippen LogP contribution >= 0.6 is 11.6 Å². The lowest BCUT2D eigenvalue weighted by molar-refractivity contribution is 0.415. The van der Waals surface area contributed by atoms with Crippen LogP contribution in [-0.4, -0.2) is 16.7 Å². The maximum Gasteiger partial charge on any atom is 0.166 e. The summed E-state index contributed by atoms with van der Waals surface area (Å²) in [4.78, 5) is 4.20. The Bertz CT molecular complexity index is 640. The number of aromatic nitrogens is 2. The first-order valence-corrected chi connectivity index (χ1v) is 5.73. The summed E-state index contributed by atoms with van der Waals surface area (Å²) in [5, 5.41) is 9.62. The Kier molecular flexibility index (Phi) is 3.26. The van der Waals surface area contributed by atoms with E-state index in [0.717, 1.165) is 17.1 Å². The van der Waals surface area contributed by atoms with E-state index < -0.39 is 0 Å². The fraction of sp³-hybridized carbons (Fsp3) is 0.231. The van der Waals surface area contributed by atoms with Crippen LogP contribution in [0.15, 0.2) is 18.2 Å². The summed E-state index contributed by atoms with van der Waals surface area (Å²) in [6, 6.07) is 7.52. The molecule has 0 aliphatic rings. The van der Waals surface area contributed by atoms with Crippen molar-refractivity contribution in [3.8, 4) is 23.1 Å². The van der Waals surface area contributed by atoms with Crippen molar-refractivity contribution in [1.82, 2.24) is 9.55 Å². The molecule has 1 aromatic carbocycles. The molecule has 0 amide bonds. The van der Waals surface area contributed by atoms with Gasteiger partial charge in [0, 0.05) is 12.6 Å². The topological polar surface area (TPSA) is 50.8 Å². The van der Waals surface area contributed by atoms with Crippen LogP contribution in [0, 0.1) is 18.3 Å². The van der Waals surface area contributed by atoms with E-state index in [1.807, 2.05) is 24.6 Å². The first-order chi connectivity index (χ1) is 8.58. The van der Waals surface area contributed by atoms with Crippen LogP contribution in [0.25, 0.3) is 11.3 Å². The SMILES string of the molecule is COc1ccc(-c2c(C#N)nc(C)n2C)cc1Cl. The van der Waals surface area contributed by atoms with Crippen molar-refractivity contribution < 1.29 is 4.74 Å². The van der Waals surface area contributed by atoms with Crippen molar-refractivity contribution in [1.29, 1.82) is 5.26 Å². The van der Waals surface area contributed by atoms with Crippen molar-refractivity contribution in [2.75, 3.05) is 7.11 Å². The highest BCUT2D eigenvalue weighted by Gasteiger charge is 2.15. The Labute approximate surface area is 110 Å². The van der Waals surface area contributed by atoms with Gasteiger partial charge in [-0.15, -0.1) is 0 Å². The molecule has 0 N–H and O–H groups in total. The van der Waals surface area contributed by atoms with Gasteiger partial charge in [0.1, 0.15) is 17.6 Å². The number of hydrogen-bond donors (Lipinski definition) is 0. The molecule has 5 heteroatoms. The number of nitrogens with zero attached hydrogens (tertiary/aromatic N) is 3. The summed E-state index contributed by atoms with van der Waals surface area (Å²) in [7, 11) is 3.44. The Morgan fingerprint density at radius 2 is 2.17 bits per heavy atom. The van der Waals surface area contributed by atoms with Gasteiger partial charge >= 0.3 is 0 Å². The minimum atomic E-state index is 0.399. The van der Waals surface area contributed by atoms with Gasteiger partial charge in [-0.05, 0) is 25.1 Å². The first-order valence-electron chi connectivity index (χ1n) is 5.35. The first kappa shape index (κ1) is 12.5. The molecule has 0 saturated carbocycles. The molecule has 0 aliphatic carbocycles. The van der Waals surface area contributed by atoms with Crippen molar-refractivity contribution >= 4 is 11.6 Å². The molecule has 0 aliphatic heterocycles. The molecule has 2 aromatic rings. The minimum Gasteiger partial charge on any atom is -0.495 e. The molecule has 1 aromatic heterocycles. The van der Waals surface area contributed by atoms with Gasteiger partial charge in [0.2, 0.25) is 0 Å². The number of nitriles is 1. The van der Waals surface area contributed by atoms with E-state index >= 15 is 0 Å². The largest absolute Gasteiger partial charge is 0.495 e. The molecule has 0 fully saturated rings. The second kappa shape index (κ2) is 4.71. The van der Waals surface area contributed by atoms with E-state index in [4.69, 9.17) is 21.6 Å². The molecule has 2 rings (SSSR count). The van der Waals surface area contributed by atoms with E-state index in [-0.39, 0.29) is 0 Å². The number of hydrogen-bond acceptors (Lipinski definition) is 3. The maximum atomic E-state index is 9.10. The average molecular weight is 262 g/mol. The van der Waals surface area contributed by atoms with Crippen LogP contribution in [0.2, 0.25) is 5.02 Å². The van der Waals surface area contributed by atoms with Gasteiger partial charge in [0.15, 0.2) is 5.69 Å². The zero-order valence-electron chi connectivity index (χ0n) is 10.4. The summed E-state index contributed by atoms with van der Waals surface area (Å²) in [6.45, 7) is 1.86. The third kappa shape index (κ3) is 1.93. The van der Waals surface area contributed by atoms with Gasteiger partial charge < -0.3 is 9.30 Å². The monoisotopic (exact) mass is 261 g/mol. The maximum absolute atomic E-state index is 9.10. The smallest absolute Gasteiger partial charge is 0.166 e. The highest BCUT2D eigenvalue weighted by molar-refractivity contribution is 6.32. The molecule has 0 saturated heterocycles. The zero-order valence-corrected chi connectivity index (χ0v) is 11.1. The van der Waals surface area contributed by atoms with Crippen LogP contribution in [0.4, 0.5) is 0 Å². The van der Waals surface area contributed by atoms with Gasteiger partial charge in [-0.2, -0.15) is 5.26 Å². The number of imidazole rings is 1. The molecule has 0 atom stereocenters. The van der Waals surface area contributed by atoms with Gasteiger partial charge in [0.25, 0.3) is 0 Å². The van der Waals surface area contributed by atoms with E-state index in [1.165, 1.54) is 0 Å². The van der Waals surface area contributed by atoms with Crippen molar-refractivity contribution in [3.63, 3.8) is 0 Å². The summed E-state index contributed by atoms with van der Waals surface area (Å²) in [6.07, 6.45) is 0. The number of aryl methyl sites for hydroxylation is 1. The quantitative estimate of drug-likeness (QED) is 0.835. The Hall–Kier alpha value is -1.99. The third-order valence-corrected chi connectivity index (χ3v) is 3.15.